The highest BCUT2D eigenvalue weighted by Gasteiger charge is 2.44. The summed E-state index contributed by atoms with van der Waals surface area (Å²) in [6.07, 6.45) is 3.37. The van der Waals surface area contributed by atoms with Gasteiger partial charge >= 0.3 is 0 Å². The maximum Gasteiger partial charge on any atom is 0.126 e. The van der Waals surface area contributed by atoms with Crippen molar-refractivity contribution in [2.45, 2.75) is 31.7 Å². The van der Waals surface area contributed by atoms with E-state index in [9.17, 15) is 9.50 Å². The van der Waals surface area contributed by atoms with Crippen LogP contribution in [-0.4, -0.2) is 36.2 Å². The van der Waals surface area contributed by atoms with E-state index in [-0.39, 0.29) is 22.9 Å². The molecule has 0 aliphatic carbocycles. The SMILES string of the molecule is Oc1cc(F)ccc1C1CNCCC12CCN(Cc1ccccc1)CC2. The second-order valence-electron chi connectivity index (χ2n) is 7.83. The van der Waals surface area contributed by atoms with E-state index in [1.165, 1.54) is 17.7 Å². The lowest BCUT2D eigenvalue weighted by molar-refractivity contribution is 0.0497. The summed E-state index contributed by atoms with van der Waals surface area (Å²) in [5, 5.41) is 13.8. The maximum absolute atomic E-state index is 13.4. The van der Waals surface area contributed by atoms with Crippen molar-refractivity contribution in [3.05, 3.63) is 65.5 Å². The Bertz CT molecular complexity index is 741. The normalized spacial score (nSPS) is 23.2. The fourth-order valence-corrected chi connectivity index (χ4v) is 4.82. The topological polar surface area (TPSA) is 35.5 Å². The smallest absolute Gasteiger partial charge is 0.126 e. The number of aromatic hydroxyl groups is 1. The van der Waals surface area contributed by atoms with Crippen molar-refractivity contribution in [2.24, 2.45) is 5.41 Å². The van der Waals surface area contributed by atoms with Gasteiger partial charge < -0.3 is 10.4 Å². The van der Waals surface area contributed by atoms with E-state index in [1.54, 1.807) is 6.07 Å². The first kappa shape index (κ1) is 17.5. The molecule has 0 saturated carbocycles. The predicted molar refractivity (Wildman–Crippen MR) is 102 cm³/mol. The van der Waals surface area contributed by atoms with Crippen molar-refractivity contribution >= 4 is 0 Å². The van der Waals surface area contributed by atoms with Gasteiger partial charge in [-0.3, -0.25) is 4.90 Å². The molecule has 138 valence electrons. The number of piperidine rings is 2. The minimum absolute atomic E-state index is 0.102. The number of likely N-dealkylation sites (tertiary alicyclic amines) is 1. The molecule has 2 heterocycles. The molecule has 1 spiro atoms. The first-order valence-electron chi connectivity index (χ1n) is 9.62. The van der Waals surface area contributed by atoms with Gasteiger partial charge in [0.05, 0.1) is 0 Å². The number of benzene rings is 2. The molecule has 2 saturated heterocycles. The van der Waals surface area contributed by atoms with E-state index in [0.29, 0.717) is 0 Å². The molecule has 0 bridgehead atoms. The van der Waals surface area contributed by atoms with Crippen molar-refractivity contribution in [2.75, 3.05) is 26.2 Å². The van der Waals surface area contributed by atoms with Crippen LogP contribution in [0.3, 0.4) is 0 Å². The zero-order chi connectivity index (χ0) is 18.0. The van der Waals surface area contributed by atoms with Gasteiger partial charge in [0.25, 0.3) is 0 Å². The standard InChI is InChI=1S/C22H27FN2O/c23-18-6-7-19(21(26)14-18)20-15-24-11-8-22(20)9-12-25(13-10-22)16-17-4-2-1-3-5-17/h1-7,14,20,24,26H,8-13,15-16H2. The van der Waals surface area contributed by atoms with E-state index >= 15 is 0 Å². The summed E-state index contributed by atoms with van der Waals surface area (Å²) in [6, 6.07) is 15.1. The molecule has 2 aliphatic heterocycles. The molecular weight excluding hydrogens is 327 g/mol. The number of phenolic OH excluding ortho intramolecular Hbond substituents is 1. The molecule has 0 amide bonds. The minimum Gasteiger partial charge on any atom is -0.508 e. The summed E-state index contributed by atoms with van der Waals surface area (Å²) in [5.74, 6) is -0.0257. The van der Waals surface area contributed by atoms with Gasteiger partial charge in [-0.15, -0.1) is 0 Å². The van der Waals surface area contributed by atoms with Crippen LogP contribution in [-0.2, 0) is 6.54 Å². The molecule has 1 atom stereocenters. The van der Waals surface area contributed by atoms with Crippen molar-refractivity contribution in [3.8, 4) is 5.75 Å². The zero-order valence-corrected chi connectivity index (χ0v) is 15.1. The maximum atomic E-state index is 13.4. The second-order valence-corrected chi connectivity index (χ2v) is 7.83. The van der Waals surface area contributed by atoms with Crippen molar-refractivity contribution in [3.63, 3.8) is 0 Å². The molecule has 1 unspecified atom stereocenters. The van der Waals surface area contributed by atoms with Crippen LogP contribution in [0.25, 0.3) is 0 Å². The molecule has 2 aromatic rings. The van der Waals surface area contributed by atoms with E-state index in [4.69, 9.17) is 0 Å². The molecule has 2 aliphatic rings. The summed E-state index contributed by atoms with van der Waals surface area (Å²) in [7, 11) is 0. The Labute approximate surface area is 154 Å². The van der Waals surface area contributed by atoms with Gasteiger partial charge in [-0.1, -0.05) is 36.4 Å². The Kier molecular flexibility index (Phi) is 4.96. The average Bonchev–Trinajstić information content (AvgIpc) is 2.66. The van der Waals surface area contributed by atoms with Gasteiger partial charge in [0.1, 0.15) is 11.6 Å². The Morgan fingerprint density at radius 2 is 1.85 bits per heavy atom. The van der Waals surface area contributed by atoms with Gasteiger partial charge in [0.2, 0.25) is 0 Å². The predicted octanol–water partition coefficient (Wildman–Crippen LogP) is 3.89. The third-order valence-electron chi connectivity index (χ3n) is 6.36. The third kappa shape index (κ3) is 3.49. The van der Waals surface area contributed by atoms with Crippen LogP contribution in [0.4, 0.5) is 4.39 Å². The fourth-order valence-electron chi connectivity index (χ4n) is 4.82. The number of hydrogen-bond donors (Lipinski definition) is 2. The zero-order valence-electron chi connectivity index (χ0n) is 15.1. The summed E-state index contributed by atoms with van der Waals surface area (Å²) in [4.78, 5) is 2.53. The second kappa shape index (κ2) is 7.37. The number of phenols is 1. The number of rotatable bonds is 3. The van der Waals surface area contributed by atoms with E-state index in [1.807, 2.05) is 0 Å². The molecule has 4 heteroatoms. The molecule has 2 fully saturated rings. The number of hydrogen-bond acceptors (Lipinski definition) is 3. The lowest BCUT2D eigenvalue weighted by Crippen LogP contribution is -2.49. The largest absolute Gasteiger partial charge is 0.508 e. The summed E-state index contributed by atoms with van der Waals surface area (Å²) < 4.78 is 13.4. The van der Waals surface area contributed by atoms with Gasteiger partial charge in [-0.25, -0.2) is 4.39 Å². The summed E-state index contributed by atoms with van der Waals surface area (Å²) >= 11 is 0. The van der Waals surface area contributed by atoms with Crippen LogP contribution in [0, 0.1) is 11.2 Å². The Morgan fingerprint density at radius 1 is 1.08 bits per heavy atom. The first-order chi connectivity index (χ1) is 12.7. The minimum atomic E-state index is -0.373. The van der Waals surface area contributed by atoms with Crippen molar-refractivity contribution in [1.82, 2.24) is 10.2 Å². The van der Waals surface area contributed by atoms with E-state index in [0.717, 1.165) is 57.5 Å². The fraction of sp³-hybridized carbons (Fsp3) is 0.455. The number of nitrogens with one attached hydrogen (secondary N) is 1. The quantitative estimate of drug-likeness (QED) is 0.878. The Morgan fingerprint density at radius 3 is 2.58 bits per heavy atom. The van der Waals surface area contributed by atoms with E-state index in [2.05, 4.69) is 40.5 Å². The lowest BCUT2D eigenvalue weighted by atomic mass is 9.62. The van der Waals surface area contributed by atoms with Crippen molar-refractivity contribution in [1.29, 1.82) is 0 Å². The van der Waals surface area contributed by atoms with Crippen LogP contribution in [0.2, 0.25) is 0 Å². The molecule has 2 aromatic carbocycles. The number of nitrogens with zero attached hydrogens (tertiary/aromatic N) is 1. The Balaban J connectivity index is 1.50. The average molecular weight is 354 g/mol. The first-order valence-corrected chi connectivity index (χ1v) is 9.62. The summed E-state index contributed by atoms with van der Waals surface area (Å²) in [5.41, 5.74) is 2.46. The third-order valence-corrected chi connectivity index (χ3v) is 6.36. The highest BCUT2D eigenvalue weighted by molar-refractivity contribution is 5.38. The van der Waals surface area contributed by atoms with Crippen LogP contribution < -0.4 is 5.32 Å². The molecule has 3 nitrogen and oxygen atoms in total. The molecule has 26 heavy (non-hydrogen) atoms. The van der Waals surface area contributed by atoms with Crippen LogP contribution >= 0.6 is 0 Å². The monoisotopic (exact) mass is 354 g/mol. The molecular formula is C22H27FN2O. The number of halogens is 1. The van der Waals surface area contributed by atoms with Crippen LogP contribution in [0.5, 0.6) is 5.75 Å². The van der Waals surface area contributed by atoms with Gasteiger partial charge in [0, 0.05) is 25.1 Å². The lowest BCUT2D eigenvalue weighted by Gasteiger charge is -2.50. The highest BCUT2D eigenvalue weighted by Crippen LogP contribution is 2.50. The van der Waals surface area contributed by atoms with Gasteiger partial charge in [-0.2, -0.15) is 0 Å². The molecule has 0 aromatic heterocycles. The molecule has 0 radical (unpaired) electrons. The highest BCUT2D eigenvalue weighted by atomic mass is 19.1. The summed E-state index contributed by atoms with van der Waals surface area (Å²) in [6.45, 7) is 5.04. The molecule has 2 N–H and O–H groups in total. The van der Waals surface area contributed by atoms with Crippen LogP contribution in [0.1, 0.15) is 36.3 Å². The van der Waals surface area contributed by atoms with E-state index < -0.39 is 0 Å². The molecule has 4 rings (SSSR count). The van der Waals surface area contributed by atoms with Gasteiger partial charge in [-0.05, 0) is 61.5 Å². The van der Waals surface area contributed by atoms with Crippen molar-refractivity contribution < 1.29 is 9.50 Å². The van der Waals surface area contributed by atoms with Gasteiger partial charge in [0.15, 0.2) is 0 Å². The Hall–Kier alpha value is -1.91. The van der Waals surface area contributed by atoms with Crippen LogP contribution in [0.15, 0.2) is 48.5 Å².